The van der Waals surface area contributed by atoms with Crippen molar-refractivity contribution >= 4 is 28.2 Å². The summed E-state index contributed by atoms with van der Waals surface area (Å²) in [6, 6.07) is 8.23. The minimum absolute atomic E-state index is 0.0524. The van der Waals surface area contributed by atoms with Crippen LogP contribution in [0.5, 0.6) is 0 Å². The number of thiocarbonyl (C=S) groups is 1. The van der Waals surface area contributed by atoms with Gasteiger partial charge in [-0.05, 0) is 86.7 Å². The van der Waals surface area contributed by atoms with Gasteiger partial charge in [0.1, 0.15) is 0 Å². The van der Waals surface area contributed by atoms with Crippen LogP contribution in [0.4, 0.5) is 0 Å². The van der Waals surface area contributed by atoms with Crippen LogP contribution < -0.4 is 10.9 Å². The quantitative estimate of drug-likeness (QED) is 0.396. The number of aryl methyl sites for hydroxylation is 1. The Morgan fingerprint density at radius 1 is 1.25 bits per heavy atom. The van der Waals surface area contributed by atoms with Crippen LogP contribution in [0.2, 0.25) is 0 Å². The smallest absolute Gasteiger partial charge is 0.253 e. The van der Waals surface area contributed by atoms with Gasteiger partial charge < -0.3 is 24.8 Å². The zero-order valence-electron chi connectivity index (χ0n) is 19.8. The van der Waals surface area contributed by atoms with Crippen LogP contribution in [-0.4, -0.2) is 65.3 Å². The van der Waals surface area contributed by atoms with Crippen molar-refractivity contribution < 1.29 is 4.74 Å². The molecule has 1 aromatic heterocycles. The third-order valence-electron chi connectivity index (χ3n) is 6.31. The fourth-order valence-corrected chi connectivity index (χ4v) is 4.49. The van der Waals surface area contributed by atoms with Crippen molar-refractivity contribution in [1.29, 1.82) is 0 Å². The van der Waals surface area contributed by atoms with E-state index in [9.17, 15) is 4.79 Å². The lowest BCUT2D eigenvalue weighted by atomic mass is 10.1. The summed E-state index contributed by atoms with van der Waals surface area (Å²) in [5.74, 6) is 0. The molecule has 0 spiro atoms. The number of H-pyrrole nitrogens is 1. The summed E-state index contributed by atoms with van der Waals surface area (Å²) < 4.78 is 5.87. The zero-order chi connectivity index (χ0) is 22.9. The molecule has 1 atom stereocenters. The van der Waals surface area contributed by atoms with Gasteiger partial charge in [-0.3, -0.25) is 4.79 Å². The van der Waals surface area contributed by atoms with E-state index in [-0.39, 0.29) is 11.7 Å². The third kappa shape index (κ3) is 6.77. The molecule has 3 rings (SSSR count). The number of aromatic nitrogens is 1. The van der Waals surface area contributed by atoms with Gasteiger partial charge in [0.05, 0.1) is 12.6 Å². The van der Waals surface area contributed by atoms with Gasteiger partial charge in [0.15, 0.2) is 5.11 Å². The molecule has 0 bridgehead atoms. The molecule has 6 nitrogen and oxygen atoms in total. The van der Waals surface area contributed by atoms with Crippen LogP contribution in [0, 0.1) is 0 Å². The monoisotopic (exact) mass is 458 g/mol. The molecule has 1 aliphatic heterocycles. The molecule has 32 heavy (non-hydrogen) atoms. The average Bonchev–Trinajstić information content (AvgIpc) is 3.32. The Labute approximate surface area is 197 Å². The molecule has 0 amide bonds. The lowest BCUT2D eigenvalue weighted by Gasteiger charge is -2.28. The second-order valence-electron chi connectivity index (χ2n) is 8.53. The Morgan fingerprint density at radius 2 is 2.06 bits per heavy atom. The van der Waals surface area contributed by atoms with Gasteiger partial charge in [-0.2, -0.15) is 0 Å². The number of ether oxygens (including phenoxy) is 1. The van der Waals surface area contributed by atoms with E-state index in [1.165, 1.54) is 5.56 Å². The molecule has 2 N–H and O–H groups in total. The zero-order valence-corrected chi connectivity index (χ0v) is 20.6. The number of hydrogen-bond acceptors (Lipinski definition) is 4. The van der Waals surface area contributed by atoms with Crippen LogP contribution in [0.25, 0.3) is 10.9 Å². The van der Waals surface area contributed by atoms with Gasteiger partial charge in [0.2, 0.25) is 0 Å². The van der Waals surface area contributed by atoms with E-state index in [0.29, 0.717) is 18.2 Å². The molecule has 1 aliphatic rings. The number of nitrogens with one attached hydrogen (secondary N) is 2. The van der Waals surface area contributed by atoms with Crippen molar-refractivity contribution in [1.82, 2.24) is 20.1 Å². The lowest BCUT2D eigenvalue weighted by Crippen LogP contribution is -2.44. The average molecular weight is 459 g/mol. The summed E-state index contributed by atoms with van der Waals surface area (Å²) in [5.41, 5.74) is 2.82. The van der Waals surface area contributed by atoms with Gasteiger partial charge in [-0.15, -0.1) is 0 Å². The van der Waals surface area contributed by atoms with E-state index in [0.717, 1.165) is 74.9 Å². The number of hydrogen-bond donors (Lipinski definition) is 2. The van der Waals surface area contributed by atoms with Crippen molar-refractivity contribution in [3.63, 3.8) is 0 Å². The number of benzene rings is 1. The fourth-order valence-electron chi connectivity index (χ4n) is 4.25. The van der Waals surface area contributed by atoms with E-state index in [4.69, 9.17) is 17.0 Å². The van der Waals surface area contributed by atoms with Gasteiger partial charge in [-0.1, -0.05) is 26.8 Å². The number of rotatable bonds is 11. The number of fused-ring (bicyclic) bond motifs is 1. The van der Waals surface area contributed by atoms with Crippen LogP contribution in [0.3, 0.4) is 0 Å². The normalized spacial score (nSPS) is 16.1. The second-order valence-corrected chi connectivity index (χ2v) is 8.91. The molecule has 1 fully saturated rings. The maximum Gasteiger partial charge on any atom is 0.253 e. The van der Waals surface area contributed by atoms with E-state index in [1.54, 1.807) is 0 Å². The molecular weight excluding hydrogens is 420 g/mol. The summed E-state index contributed by atoms with van der Waals surface area (Å²) in [7, 11) is 0. The van der Waals surface area contributed by atoms with Crippen molar-refractivity contribution in [2.75, 3.05) is 39.3 Å². The highest BCUT2D eigenvalue weighted by molar-refractivity contribution is 7.80. The van der Waals surface area contributed by atoms with Gasteiger partial charge in [-0.25, -0.2) is 0 Å². The maximum absolute atomic E-state index is 12.8. The molecule has 2 heterocycles. The second kappa shape index (κ2) is 12.3. The van der Waals surface area contributed by atoms with E-state index in [1.807, 2.05) is 12.1 Å². The largest absolute Gasteiger partial charge is 0.376 e. The first-order chi connectivity index (χ1) is 15.5. The van der Waals surface area contributed by atoms with E-state index in [2.05, 4.69) is 53.0 Å². The van der Waals surface area contributed by atoms with Crippen LogP contribution >= 0.6 is 12.2 Å². The first-order valence-corrected chi connectivity index (χ1v) is 12.5. The van der Waals surface area contributed by atoms with Crippen molar-refractivity contribution in [2.45, 2.75) is 59.1 Å². The summed E-state index contributed by atoms with van der Waals surface area (Å²) in [4.78, 5) is 20.4. The number of nitrogens with zero attached hydrogens (tertiary/aromatic N) is 2. The first-order valence-electron chi connectivity index (χ1n) is 12.1. The Kier molecular flexibility index (Phi) is 9.51. The van der Waals surface area contributed by atoms with Gasteiger partial charge in [0, 0.05) is 30.8 Å². The highest BCUT2D eigenvalue weighted by Crippen LogP contribution is 2.17. The number of aromatic amines is 1. The Morgan fingerprint density at radius 3 is 2.75 bits per heavy atom. The van der Waals surface area contributed by atoms with Crippen LogP contribution in [0.1, 0.15) is 51.2 Å². The van der Waals surface area contributed by atoms with Crippen LogP contribution in [0.15, 0.2) is 29.1 Å². The molecular formula is C25H38N4O2S. The number of pyridine rings is 1. The highest BCUT2D eigenvalue weighted by Gasteiger charge is 2.22. The summed E-state index contributed by atoms with van der Waals surface area (Å²) in [6.07, 6.45) is 4.29. The molecule has 176 valence electrons. The first kappa shape index (κ1) is 24.7. The molecule has 1 aromatic carbocycles. The van der Waals surface area contributed by atoms with Gasteiger partial charge >= 0.3 is 0 Å². The van der Waals surface area contributed by atoms with Crippen LogP contribution in [-0.2, 0) is 17.7 Å². The highest BCUT2D eigenvalue weighted by atomic mass is 32.1. The molecule has 0 saturated carbocycles. The minimum atomic E-state index is -0.0524. The summed E-state index contributed by atoms with van der Waals surface area (Å²) in [6.45, 7) is 12.5. The molecule has 2 aromatic rings. The minimum Gasteiger partial charge on any atom is -0.376 e. The Balaban J connectivity index is 1.71. The molecule has 1 unspecified atom stereocenters. The van der Waals surface area contributed by atoms with Gasteiger partial charge in [0.25, 0.3) is 5.56 Å². The Bertz CT molecular complexity index is 935. The predicted octanol–water partition coefficient (Wildman–Crippen LogP) is 3.68. The SMILES string of the molecule is CCc1ccc2[nH]c(=O)c(CN(CC3CCCO3)C(=S)NCCCN(CC)CC)cc2c1. The maximum atomic E-state index is 12.8. The Hall–Kier alpha value is -1.96. The van der Waals surface area contributed by atoms with E-state index >= 15 is 0 Å². The summed E-state index contributed by atoms with van der Waals surface area (Å²) in [5, 5.41) is 5.18. The summed E-state index contributed by atoms with van der Waals surface area (Å²) >= 11 is 5.76. The fraction of sp³-hybridized carbons (Fsp3) is 0.600. The lowest BCUT2D eigenvalue weighted by molar-refractivity contribution is 0.0896. The molecule has 7 heteroatoms. The topological polar surface area (TPSA) is 60.6 Å². The third-order valence-corrected chi connectivity index (χ3v) is 6.71. The predicted molar refractivity (Wildman–Crippen MR) is 136 cm³/mol. The van der Waals surface area contributed by atoms with E-state index < -0.39 is 0 Å². The standard InChI is InChI=1S/C25H38N4O2S/c1-4-19-10-11-23-20(15-19)16-21(24(30)27-23)17-29(18-22-9-7-14-31-22)25(32)26-12-8-13-28(5-2)6-3/h10-11,15-16,22H,4-9,12-14,17-18H2,1-3H3,(H,26,32)(H,27,30). The van der Waals surface area contributed by atoms with Crippen molar-refractivity contribution in [2.24, 2.45) is 0 Å². The van der Waals surface area contributed by atoms with Crippen molar-refractivity contribution in [3.05, 3.63) is 45.7 Å². The molecule has 0 radical (unpaired) electrons. The molecule has 0 aliphatic carbocycles. The van der Waals surface area contributed by atoms with Crippen molar-refractivity contribution in [3.8, 4) is 0 Å². The molecule has 1 saturated heterocycles.